The molecule has 1 unspecified atom stereocenters. The Bertz CT molecular complexity index is 498. The molecule has 1 aromatic rings. The first-order chi connectivity index (χ1) is 9.47. The molecule has 6 heteroatoms. The summed E-state index contributed by atoms with van der Waals surface area (Å²) in [7, 11) is 0. The molecule has 1 aromatic heterocycles. The summed E-state index contributed by atoms with van der Waals surface area (Å²) in [5.41, 5.74) is 5.54. The molecular weight excluding hydrogens is 256 g/mol. The van der Waals surface area contributed by atoms with Gasteiger partial charge in [0.25, 0.3) is 0 Å². The summed E-state index contributed by atoms with van der Waals surface area (Å²) in [5, 5.41) is 3.19. The Morgan fingerprint density at radius 3 is 2.80 bits per heavy atom. The second kappa shape index (κ2) is 5.90. The molecule has 1 atom stereocenters. The lowest BCUT2D eigenvalue weighted by Gasteiger charge is -2.21. The fourth-order valence-corrected chi connectivity index (χ4v) is 2.34. The van der Waals surface area contributed by atoms with Gasteiger partial charge < -0.3 is 16.0 Å². The molecule has 6 nitrogen and oxygen atoms in total. The molecule has 0 saturated carbocycles. The topological polar surface area (TPSA) is 88.3 Å². The van der Waals surface area contributed by atoms with Gasteiger partial charge in [-0.05, 0) is 26.0 Å². The highest BCUT2D eigenvalue weighted by Crippen LogP contribution is 2.20. The molecule has 1 fully saturated rings. The van der Waals surface area contributed by atoms with E-state index in [1.54, 1.807) is 12.1 Å². The molecule has 1 aliphatic rings. The van der Waals surface area contributed by atoms with Crippen molar-refractivity contribution < 1.29 is 9.59 Å². The second-order valence-electron chi connectivity index (χ2n) is 5.39. The number of likely N-dealkylation sites (tertiary alicyclic amines) is 1. The molecule has 0 aromatic carbocycles. The number of primary amides is 1. The zero-order valence-corrected chi connectivity index (χ0v) is 11.8. The lowest BCUT2D eigenvalue weighted by Crippen LogP contribution is -2.32. The number of pyridine rings is 1. The number of rotatable bonds is 5. The van der Waals surface area contributed by atoms with Gasteiger partial charge in [0.05, 0.1) is 5.56 Å². The Labute approximate surface area is 118 Å². The van der Waals surface area contributed by atoms with Crippen LogP contribution in [0, 0.1) is 5.92 Å². The number of nitrogens with zero attached hydrogens (tertiary/aromatic N) is 2. The van der Waals surface area contributed by atoms with Crippen molar-refractivity contribution in [2.45, 2.75) is 26.3 Å². The van der Waals surface area contributed by atoms with E-state index in [2.05, 4.69) is 10.3 Å². The minimum atomic E-state index is -0.488. The van der Waals surface area contributed by atoms with Crippen LogP contribution in [0.1, 0.15) is 30.6 Å². The second-order valence-corrected chi connectivity index (χ2v) is 5.39. The molecule has 108 valence electrons. The summed E-state index contributed by atoms with van der Waals surface area (Å²) in [6.45, 7) is 5.52. The Hall–Kier alpha value is -2.11. The van der Waals surface area contributed by atoms with Gasteiger partial charge in [-0.3, -0.25) is 9.59 Å². The number of carbonyl (C=O) groups is 2. The van der Waals surface area contributed by atoms with E-state index in [-0.39, 0.29) is 11.9 Å². The third kappa shape index (κ3) is 3.26. The van der Waals surface area contributed by atoms with Crippen LogP contribution in [0.3, 0.4) is 0 Å². The molecule has 3 N–H and O–H groups in total. The van der Waals surface area contributed by atoms with Gasteiger partial charge in [-0.2, -0.15) is 0 Å². The fourth-order valence-electron chi connectivity index (χ4n) is 2.34. The van der Waals surface area contributed by atoms with Crippen molar-refractivity contribution >= 4 is 17.6 Å². The van der Waals surface area contributed by atoms with Crippen LogP contribution >= 0.6 is 0 Å². The van der Waals surface area contributed by atoms with E-state index in [0.29, 0.717) is 30.3 Å². The molecule has 1 aliphatic heterocycles. The predicted octanol–water partition coefficient (Wildman–Crippen LogP) is 0.849. The Morgan fingerprint density at radius 1 is 1.55 bits per heavy atom. The third-order valence-electron chi connectivity index (χ3n) is 3.48. The standard InChI is InChI=1S/C14H20N4O2/c1-9(2)18-8-10(5-13(18)19)6-16-12-4-3-11(7-17-12)14(15)20/h3-4,7,9-10H,5-6,8H2,1-2H3,(H2,15,20)(H,16,17). The Balaban J connectivity index is 1.87. The minimum absolute atomic E-state index is 0.212. The summed E-state index contributed by atoms with van der Waals surface area (Å²) < 4.78 is 0. The van der Waals surface area contributed by atoms with E-state index in [1.807, 2.05) is 18.7 Å². The predicted molar refractivity (Wildman–Crippen MR) is 76.2 cm³/mol. The van der Waals surface area contributed by atoms with E-state index in [0.717, 1.165) is 6.54 Å². The van der Waals surface area contributed by atoms with Crippen molar-refractivity contribution in [1.82, 2.24) is 9.88 Å². The number of aromatic nitrogens is 1. The molecular formula is C14H20N4O2. The van der Waals surface area contributed by atoms with Gasteiger partial charge in [0, 0.05) is 37.7 Å². The fraction of sp³-hybridized carbons (Fsp3) is 0.500. The van der Waals surface area contributed by atoms with Crippen LogP contribution in [-0.4, -0.2) is 40.8 Å². The molecule has 0 radical (unpaired) electrons. The molecule has 0 aliphatic carbocycles. The van der Waals surface area contributed by atoms with Crippen molar-refractivity contribution in [3.63, 3.8) is 0 Å². The molecule has 0 bridgehead atoms. The van der Waals surface area contributed by atoms with Crippen LogP contribution in [0.25, 0.3) is 0 Å². The van der Waals surface area contributed by atoms with Gasteiger partial charge in [-0.25, -0.2) is 4.98 Å². The molecule has 20 heavy (non-hydrogen) atoms. The highest BCUT2D eigenvalue weighted by Gasteiger charge is 2.30. The average molecular weight is 276 g/mol. The van der Waals surface area contributed by atoms with Gasteiger partial charge in [0.2, 0.25) is 11.8 Å². The summed E-state index contributed by atoms with van der Waals surface area (Å²) in [4.78, 5) is 28.7. The van der Waals surface area contributed by atoms with Crippen molar-refractivity contribution in [2.24, 2.45) is 11.7 Å². The molecule has 0 spiro atoms. The average Bonchev–Trinajstić information content (AvgIpc) is 2.78. The van der Waals surface area contributed by atoms with Crippen LogP contribution in [0.2, 0.25) is 0 Å². The first-order valence-electron chi connectivity index (χ1n) is 6.76. The Morgan fingerprint density at radius 2 is 2.30 bits per heavy atom. The van der Waals surface area contributed by atoms with E-state index in [9.17, 15) is 9.59 Å². The maximum atomic E-state index is 11.8. The molecule has 2 rings (SSSR count). The van der Waals surface area contributed by atoms with Gasteiger partial charge >= 0.3 is 0 Å². The zero-order chi connectivity index (χ0) is 14.7. The van der Waals surface area contributed by atoms with Crippen molar-refractivity contribution in [3.8, 4) is 0 Å². The maximum absolute atomic E-state index is 11.8. The number of hydrogen-bond donors (Lipinski definition) is 2. The summed E-state index contributed by atoms with van der Waals surface area (Å²) in [6.07, 6.45) is 2.02. The minimum Gasteiger partial charge on any atom is -0.370 e. The van der Waals surface area contributed by atoms with E-state index in [1.165, 1.54) is 6.20 Å². The van der Waals surface area contributed by atoms with Gasteiger partial charge in [0.15, 0.2) is 0 Å². The smallest absolute Gasteiger partial charge is 0.250 e. The first kappa shape index (κ1) is 14.3. The zero-order valence-electron chi connectivity index (χ0n) is 11.8. The van der Waals surface area contributed by atoms with E-state index >= 15 is 0 Å². The number of hydrogen-bond acceptors (Lipinski definition) is 4. The molecule has 2 amide bonds. The van der Waals surface area contributed by atoms with Crippen LogP contribution in [0.5, 0.6) is 0 Å². The van der Waals surface area contributed by atoms with Crippen LogP contribution in [-0.2, 0) is 4.79 Å². The van der Waals surface area contributed by atoms with Crippen LogP contribution < -0.4 is 11.1 Å². The van der Waals surface area contributed by atoms with Gasteiger partial charge in [0.1, 0.15) is 5.82 Å². The normalized spacial score (nSPS) is 18.6. The van der Waals surface area contributed by atoms with E-state index < -0.39 is 5.91 Å². The number of carbonyl (C=O) groups excluding carboxylic acids is 2. The van der Waals surface area contributed by atoms with Crippen molar-refractivity contribution in [3.05, 3.63) is 23.9 Å². The van der Waals surface area contributed by atoms with Gasteiger partial charge in [-0.1, -0.05) is 0 Å². The summed E-state index contributed by atoms with van der Waals surface area (Å²) in [5.74, 6) is 0.704. The van der Waals surface area contributed by atoms with Crippen LogP contribution in [0.4, 0.5) is 5.82 Å². The first-order valence-corrected chi connectivity index (χ1v) is 6.76. The summed E-state index contributed by atoms with van der Waals surface area (Å²) in [6, 6.07) is 3.61. The highest BCUT2D eigenvalue weighted by atomic mass is 16.2. The maximum Gasteiger partial charge on any atom is 0.250 e. The SMILES string of the molecule is CC(C)N1CC(CNc2ccc(C(N)=O)cn2)CC1=O. The third-order valence-corrected chi connectivity index (χ3v) is 3.48. The van der Waals surface area contributed by atoms with E-state index in [4.69, 9.17) is 5.73 Å². The number of anilines is 1. The quantitative estimate of drug-likeness (QED) is 0.834. The van der Waals surface area contributed by atoms with Crippen LogP contribution in [0.15, 0.2) is 18.3 Å². The highest BCUT2D eigenvalue weighted by molar-refractivity contribution is 5.92. The summed E-state index contributed by atoms with van der Waals surface area (Å²) >= 11 is 0. The van der Waals surface area contributed by atoms with Crippen molar-refractivity contribution in [1.29, 1.82) is 0 Å². The number of amides is 2. The number of nitrogens with two attached hydrogens (primary N) is 1. The number of nitrogens with one attached hydrogen (secondary N) is 1. The molecule has 1 saturated heterocycles. The van der Waals surface area contributed by atoms with Crippen molar-refractivity contribution in [2.75, 3.05) is 18.4 Å². The molecule has 2 heterocycles. The Kier molecular flexibility index (Phi) is 4.22. The lowest BCUT2D eigenvalue weighted by molar-refractivity contribution is -0.129. The monoisotopic (exact) mass is 276 g/mol. The van der Waals surface area contributed by atoms with Gasteiger partial charge in [-0.15, -0.1) is 0 Å². The largest absolute Gasteiger partial charge is 0.370 e. The lowest BCUT2D eigenvalue weighted by atomic mass is 10.1.